The molecule has 3 heteroatoms. The fourth-order valence-electron chi connectivity index (χ4n) is 2.67. The van der Waals surface area contributed by atoms with E-state index in [-0.39, 0.29) is 6.42 Å². The van der Waals surface area contributed by atoms with Gasteiger partial charge in [0.05, 0.1) is 6.42 Å². The molecule has 3 nitrogen and oxygen atoms in total. The molecule has 1 aromatic carbocycles. The van der Waals surface area contributed by atoms with E-state index in [2.05, 4.69) is 43.0 Å². The van der Waals surface area contributed by atoms with Crippen molar-refractivity contribution in [1.29, 1.82) is 0 Å². The summed E-state index contributed by atoms with van der Waals surface area (Å²) in [6, 6.07) is 9.58. The minimum atomic E-state index is -0.704. The van der Waals surface area contributed by atoms with Crippen molar-refractivity contribution in [3.05, 3.63) is 35.4 Å². The molecule has 0 heterocycles. The number of carbonyl (C=O) groups is 1. The lowest BCUT2D eigenvalue weighted by atomic mass is 10.0. The standard InChI is InChI=1S/C16H23NO2/c1-3-15(13-6-4-12(2)5-7-13)17(14-8-9-14)11-10-16(18)19/h4-7,14-15H,3,8-11H2,1-2H3,(H,18,19). The Labute approximate surface area is 115 Å². The van der Waals surface area contributed by atoms with Crippen LogP contribution >= 0.6 is 0 Å². The Morgan fingerprint density at radius 1 is 1.37 bits per heavy atom. The molecule has 0 aliphatic heterocycles. The molecule has 1 aromatic rings. The highest BCUT2D eigenvalue weighted by molar-refractivity contribution is 5.66. The van der Waals surface area contributed by atoms with E-state index in [1.54, 1.807) is 0 Å². The zero-order valence-electron chi connectivity index (χ0n) is 11.8. The smallest absolute Gasteiger partial charge is 0.304 e. The number of carboxylic acid groups (broad SMARTS) is 1. The van der Waals surface area contributed by atoms with Crippen molar-refractivity contribution >= 4 is 5.97 Å². The van der Waals surface area contributed by atoms with Crippen LogP contribution in [0.4, 0.5) is 0 Å². The van der Waals surface area contributed by atoms with Gasteiger partial charge in [-0.05, 0) is 31.7 Å². The summed E-state index contributed by atoms with van der Waals surface area (Å²) in [7, 11) is 0. The third kappa shape index (κ3) is 3.80. The van der Waals surface area contributed by atoms with E-state index in [0.717, 1.165) is 6.42 Å². The predicted molar refractivity (Wildman–Crippen MR) is 76.2 cm³/mol. The first kappa shape index (κ1) is 14.1. The highest BCUT2D eigenvalue weighted by Gasteiger charge is 2.33. The molecular formula is C16H23NO2. The van der Waals surface area contributed by atoms with Crippen molar-refractivity contribution in [3.8, 4) is 0 Å². The summed E-state index contributed by atoms with van der Waals surface area (Å²) in [5.41, 5.74) is 2.58. The van der Waals surface area contributed by atoms with Crippen LogP contribution in [0.5, 0.6) is 0 Å². The van der Waals surface area contributed by atoms with E-state index in [0.29, 0.717) is 18.6 Å². The average Bonchev–Trinajstić information content (AvgIpc) is 3.20. The lowest BCUT2D eigenvalue weighted by Crippen LogP contribution is -2.32. The number of hydrogen-bond acceptors (Lipinski definition) is 2. The van der Waals surface area contributed by atoms with E-state index in [4.69, 9.17) is 5.11 Å². The SMILES string of the molecule is CCC(c1ccc(C)cc1)N(CCC(=O)O)C1CC1. The van der Waals surface area contributed by atoms with Gasteiger partial charge in [-0.1, -0.05) is 36.8 Å². The van der Waals surface area contributed by atoms with Crippen molar-refractivity contribution < 1.29 is 9.90 Å². The minimum absolute atomic E-state index is 0.235. The summed E-state index contributed by atoms with van der Waals surface area (Å²) < 4.78 is 0. The van der Waals surface area contributed by atoms with Crippen molar-refractivity contribution in [2.75, 3.05) is 6.54 Å². The number of carboxylic acids is 1. The van der Waals surface area contributed by atoms with Gasteiger partial charge in [0.25, 0.3) is 0 Å². The van der Waals surface area contributed by atoms with Crippen LogP contribution < -0.4 is 0 Å². The average molecular weight is 261 g/mol. The van der Waals surface area contributed by atoms with Gasteiger partial charge in [0, 0.05) is 18.6 Å². The van der Waals surface area contributed by atoms with E-state index in [1.807, 2.05) is 0 Å². The monoisotopic (exact) mass is 261 g/mol. The van der Waals surface area contributed by atoms with Gasteiger partial charge < -0.3 is 5.11 Å². The van der Waals surface area contributed by atoms with Crippen LogP contribution in [0.2, 0.25) is 0 Å². The van der Waals surface area contributed by atoms with E-state index in [9.17, 15) is 4.79 Å². The summed E-state index contributed by atoms with van der Waals surface area (Å²) >= 11 is 0. The molecule has 1 fully saturated rings. The van der Waals surface area contributed by atoms with Crippen LogP contribution in [-0.4, -0.2) is 28.6 Å². The van der Waals surface area contributed by atoms with Gasteiger partial charge in [0.15, 0.2) is 0 Å². The Hall–Kier alpha value is -1.35. The van der Waals surface area contributed by atoms with Gasteiger partial charge in [-0.25, -0.2) is 0 Å². The van der Waals surface area contributed by atoms with Crippen molar-refractivity contribution in [1.82, 2.24) is 4.90 Å². The molecule has 1 aliphatic carbocycles. The number of nitrogens with zero attached hydrogens (tertiary/aromatic N) is 1. The van der Waals surface area contributed by atoms with Gasteiger partial charge in [0.2, 0.25) is 0 Å². The third-order valence-electron chi connectivity index (χ3n) is 3.85. The number of aryl methyl sites for hydroxylation is 1. The number of aliphatic carboxylic acids is 1. The number of benzene rings is 1. The van der Waals surface area contributed by atoms with Crippen LogP contribution in [0.1, 0.15) is 49.8 Å². The maximum absolute atomic E-state index is 10.8. The summed E-state index contributed by atoms with van der Waals surface area (Å²) in [5, 5.41) is 8.90. The first-order valence-electron chi connectivity index (χ1n) is 7.16. The number of hydrogen-bond donors (Lipinski definition) is 1. The molecule has 0 bridgehead atoms. The second-order valence-corrected chi connectivity index (χ2v) is 5.45. The van der Waals surface area contributed by atoms with E-state index < -0.39 is 5.97 Å². The maximum Gasteiger partial charge on any atom is 0.304 e. The van der Waals surface area contributed by atoms with E-state index >= 15 is 0 Å². The van der Waals surface area contributed by atoms with Crippen LogP contribution in [0.15, 0.2) is 24.3 Å². The molecule has 1 N–H and O–H groups in total. The molecule has 0 saturated heterocycles. The molecule has 104 valence electrons. The van der Waals surface area contributed by atoms with Crippen LogP contribution in [0.3, 0.4) is 0 Å². The van der Waals surface area contributed by atoms with Crippen LogP contribution in [0.25, 0.3) is 0 Å². The maximum atomic E-state index is 10.8. The lowest BCUT2D eigenvalue weighted by molar-refractivity contribution is -0.137. The molecule has 1 unspecified atom stereocenters. The first-order chi connectivity index (χ1) is 9.11. The normalized spacial score (nSPS) is 16.6. The Balaban J connectivity index is 2.12. The predicted octanol–water partition coefficient (Wildman–Crippen LogP) is 3.39. The van der Waals surface area contributed by atoms with Crippen molar-refractivity contribution in [2.45, 2.75) is 51.6 Å². The Bertz CT molecular complexity index is 423. The van der Waals surface area contributed by atoms with Crippen LogP contribution in [-0.2, 0) is 4.79 Å². The van der Waals surface area contributed by atoms with Gasteiger partial charge >= 0.3 is 5.97 Å². The van der Waals surface area contributed by atoms with Crippen LogP contribution in [0, 0.1) is 6.92 Å². The second-order valence-electron chi connectivity index (χ2n) is 5.45. The quantitative estimate of drug-likeness (QED) is 0.818. The topological polar surface area (TPSA) is 40.5 Å². The second kappa shape index (κ2) is 6.20. The zero-order valence-corrected chi connectivity index (χ0v) is 11.8. The lowest BCUT2D eigenvalue weighted by Gasteiger charge is -2.31. The fourth-order valence-corrected chi connectivity index (χ4v) is 2.67. The number of rotatable bonds is 7. The molecule has 0 radical (unpaired) electrons. The highest BCUT2D eigenvalue weighted by Crippen LogP contribution is 2.36. The molecule has 0 amide bonds. The van der Waals surface area contributed by atoms with Gasteiger partial charge in [-0.3, -0.25) is 9.69 Å². The first-order valence-corrected chi connectivity index (χ1v) is 7.16. The Kier molecular flexibility index (Phi) is 4.59. The minimum Gasteiger partial charge on any atom is -0.481 e. The highest BCUT2D eigenvalue weighted by atomic mass is 16.4. The third-order valence-corrected chi connectivity index (χ3v) is 3.85. The molecule has 1 saturated carbocycles. The fraction of sp³-hybridized carbons (Fsp3) is 0.562. The van der Waals surface area contributed by atoms with Gasteiger partial charge in [-0.2, -0.15) is 0 Å². The molecular weight excluding hydrogens is 238 g/mol. The molecule has 0 aromatic heterocycles. The Morgan fingerprint density at radius 3 is 2.47 bits per heavy atom. The van der Waals surface area contributed by atoms with Crippen molar-refractivity contribution in [3.63, 3.8) is 0 Å². The molecule has 2 rings (SSSR count). The molecule has 1 atom stereocenters. The van der Waals surface area contributed by atoms with Crippen molar-refractivity contribution in [2.24, 2.45) is 0 Å². The summed E-state index contributed by atoms with van der Waals surface area (Å²) in [6.45, 7) is 4.93. The van der Waals surface area contributed by atoms with Gasteiger partial charge in [0.1, 0.15) is 0 Å². The molecule has 0 spiro atoms. The molecule has 1 aliphatic rings. The largest absolute Gasteiger partial charge is 0.481 e. The zero-order chi connectivity index (χ0) is 13.8. The summed E-state index contributed by atoms with van der Waals surface area (Å²) in [5.74, 6) is -0.704. The summed E-state index contributed by atoms with van der Waals surface area (Å²) in [4.78, 5) is 13.2. The molecule has 19 heavy (non-hydrogen) atoms. The Morgan fingerprint density at radius 2 is 2.00 bits per heavy atom. The summed E-state index contributed by atoms with van der Waals surface area (Å²) in [6.07, 6.45) is 3.68. The van der Waals surface area contributed by atoms with Gasteiger partial charge in [-0.15, -0.1) is 0 Å². The van der Waals surface area contributed by atoms with E-state index in [1.165, 1.54) is 24.0 Å².